The van der Waals surface area contributed by atoms with E-state index in [0.29, 0.717) is 5.56 Å². The van der Waals surface area contributed by atoms with Gasteiger partial charge in [0.15, 0.2) is 0 Å². The average Bonchev–Trinajstić information content (AvgIpc) is 2.29. The number of rotatable bonds is 4. The van der Waals surface area contributed by atoms with Crippen molar-refractivity contribution in [3.8, 4) is 0 Å². The molecule has 17 heavy (non-hydrogen) atoms. The van der Waals surface area contributed by atoms with Crippen LogP contribution in [0.15, 0.2) is 30.3 Å². The molecule has 1 aromatic rings. The number of nitrogens with one attached hydrogen (secondary N) is 1. The molecule has 4 N–H and O–H groups in total. The fourth-order valence-corrected chi connectivity index (χ4v) is 1.32. The molecule has 0 spiro atoms. The monoisotopic (exact) mass is 236 g/mol. The van der Waals surface area contributed by atoms with Crippen LogP contribution in [0.25, 0.3) is 0 Å². The van der Waals surface area contributed by atoms with Gasteiger partial charge in [-0.05, 0) is 19.4 Å². The van der Waals surface area contributed by atoms with Crippen LogP contribution in [0.2, 0.25) is 0 Å². The van der Waals surface area contributed by atoms with Gasteiger partial charge in [0.1, 0.15) is 11.6 Å². The largest absolute Gasteiger partial charge is 0.480 e. The van der Waals surface area contributed by atoms with Gasteiger partial charge in [0.25, 0.3) is 0 Å². The van der Waals surface area contributed by atoms with Gasteiger partial charge in [-0.15, -0.1) is 0 Å². The Kier molecular flexibility index (Phi) is 3.85. The molecule has 0 aliphatic rings. The second-order valence-electron chi connectivity index (χ2n) is 4.10. The van der Waals surface area contributed by atoms with E-state index in [1.165, 1.54) is 6.92 Å². The van der Waals surface area contributed by atoms with Crippen LogP contribution in [0.5, 0.6) is 0 Å². The number of benzene rings is 1. The van der Waals surface area contributed by atoms with E-state index in [-0.39, 0.29) is 0 Å². The molecule has 5 heteroatoms. The molecule has 0 saturated carbocycles. The molecule has 92 valence electrons. The van der Waals surface area contributed by atoms with Crippen LogP contribution in [0.3, 0.4) is 0 Å². The van der Waals surface area contributed by atoms with Crippen molar-refractivity contribution in [2.24, 2.45) is 5.73 Å². The minimum Gasteiger partial charge on any atom is -0.480 e. The number of aliphatic carboxylic acids is 1. The summed E-state index contributed by atoms with van der Waals surface area (Å²) in [4.78, 5) is 22.5. The maximum Gasteiger partial charge on any atom is 0.325 e. The Morgan fingerprint density at radius 3 is 2.35 bits per heavy atom. The Bertz CT molecular complexity index is 415. The third-order valence-corrected chi connectivity index (χ3v) is 2.56. The summed E-state index contributed by atoms with van der Waals surface area (Å²) < 4.78 is 0. The molecular formula is C12H16N2O3. The summed E-state index contributed by atoms with van der Waals surface area (Å²) >= 11 is 0. The van der Waals surface area contributed by atoms with Gasteiger partial charge >= 0.3 is 5.97 Å². The molecule has 1 amide bonds. The zero-order valence-electron chi connectivity index (χ0n) is 9.81. The number of carboxylic acid groups (broad SMARTS) is 1. The molecule has 0 fully saturated rings. The molecule has 1 rings (SSSR count). The minimum atomic E-state index is -1.25. The van der Waals surface area contributed by atoms with Gasteiger partial charge in [-0.2, -0.15) is 0 Å². The lowest BCUT2D eigenvalue weighted by molar-refractivity contribution is -0.142. The Hall–Kier alpha value is -1.88. The Morgan fingerprint density at radius 2 is 1.88 bits per heavy atom. The number of carboxylic acids is 1. The van der Waals surface area contributed by atoms with Crippen molar-refractivity contribution in [3.05, 3.63) is 35.9 Å². The van der Waals surface area contributed by atoms with Crippen LogP contribution in [-0.2, 0) is 15.1 Å². The summed E-state index contributed by atoms with van der Waals surface area (Å²) in [6.07, 6.45) is 0. The quantitative estimate of drug-likeness (QED) is 0.707. The van der Waals surface area contributed by atoms with Crippen molar-refractivity contribution < 1.29 is 14.7 Å². The second-order valence-corrected chi connectivity index (χ2v) is 4.10. The lowest BCUT2D eigenvalue weighted by atomic mass is 9.92. The van der Waals surface area contributed by atoms with E-state index >= 15 is 0 Å². The van der Waals surface area contributed by atoms with Crippen LogP contribution in [-0.4, -0.2) is 23.0 Å². The zero-order chi connectivity index (χ0) is 13.1. The third-order valence-electron chi connectivity index (χ3n) is 2.56. The number of hydrogen-bond donors (Lipinski definition) is 3. The Balaban J connectivity index is 2.84. The van der Waals surface area contributed by atoms with Crippen LogP contribution in [0.4, 0.5) is 0 Å². The fourth-order valence-electron chi connectivity index (χ4n) is 1.32. The summed E-state index contributed by atoms with van der Waals surface area (Å²) in [5.41, 5.74) is 5.31. The number of nitrogens with two attached hydrogens (primary N) is 1. The topological polar surface area (TPSA) is 92.4 Å². The number of carbonyl (C=O) groups excluding carboxylic acids is 1. The first-order chi connectivity index (χ1) is 7.85. The summed E-state index contributed by atoms with van der Waals surface area (Å²) in [7, 11) is 0. The van der Waals surface area contributed by atoms with Crippen LogP contribution >= 0.6 is 0 Å². The molecule has 1 aromatic carbocycles. The highest BCUT2D eigenvalue weighted by Crippen LogP contribution is 2.17. The summed E-state index contributed by atoms with van der Waals surface area (Å²) in [6, 6.07) is 7.85. The Labute approximate surface area is 99.6 Å². The van der Waals surface area contributed by atoms with Crippen molar-refractivity contribution in [2.75, 3.05) is 0 Å². The number of carbonyl (C=O) groups is 2. The van der Waals surface area contributed by atoms with E-state index in [0.717, 1.165) is 0 Å². The lowest BCUT2D eigenvalue weighted by Gasteiger charge is -2.25. The summed E-state index contributed by atoms with van der Waals surface area (Å²) in [5, 5.41) is 11.1. The van der Waals surface area contributed by atoms with E-state index in [4.69, 9.17) is 10.8 Å². The second kappa shape index (κ2) is 4.97. The minimum absolute atomic E-state index is 0.515. The first kappa shape index (κ1) is 13.2. The zero-order valence-corrected chi connectivity index (χ0v) is 9.81. The van der Waals surface area contributed by atoms with E-state index in [1.54, 1.807) is 31.2 Å². The molecule has 0 aliphatic carbocycles. The molecule has 1 unspecified atom stereocenters. The molecule has 0 heterocycles. The third kappa shape index (κ3) is 3.04. The van der Waals surface area contributed by atoms with E-state index in [9.17, 15) is 9.59 Å². The SMILES string of the molecule is C[C@@H](NC(=O)C(C)(N)c1ccccc1)C(=O)O. The van der Waals surface area contributed by atoms with E-state index in [1.807, 2.05) is 6.07 Å². The lowest BCUT2D eigenvalue weighted by Crippen LogP contribution is -2.52. The smallest absolute Gasteiger partial charge is 0.325 e. The predicted molar refractivity (Wildman–Crippen MR) is 63.2 cm³/mol. The maximum atomic E-state index is 11.9. The highest BCUT2D eigenvalue weighted by Gasteiger charge is 2.32. The summed E-state index contributed by atoms with van der Waals surface area (Å²) in [5.74, 6) is -1.61. The highest BCUT2D eigenvalue weighted by molar-refractivity contribution is 5.90. The van der Waals surface area contributed by atoms with Crippen molar-refractivity contribution in [3.63, 3.8) is 0 Å². The van der Waals surface area contributed by atoms with Crippen molar-refractivity contribution in [2.45, 2.75) is 25.4 Å². The Morgan fingerprint density at radius 1 is 1.35 bits per heavy atom. The molecule has 0 saturated heterocycles. The summed E-state index contributed by atoms with van der Waals surface area (Å²) in [6.45, 7) is 2.94. The number of hydrogen-bond acceptors (Lipinski definition) is 3. The van der Waals surface area contributed by atoms with Gasteiger partial charge in [-0.3, -0.25) is 9.59 Å². The van der Waals surface area contributed by atoms with Gasteiger partial charge in [-0.25, -0.2) is 0 Å². The van der Waals surface area contributed by atoms with E-state index in [2.05, 4.69) is 5.32 Å². The van der Waals surface area contributed by atoms with Gasteiger partial charge in [-0.1, -0.05) is 30.3 Å². The van der Waals surface area contributed by atoms with Crippen molar-refractivity contribution in [1.82, 2.24) is 5.32 Å². The highest BCUT2D eigenvalue weighted by atomic mass is 16.4. The number of amides is 1. The molecule has 0 aromatic heterocycles. The maximum absolute atomic E-state index is 11.9. The fraction of sp³-hybridized carbons (Fsp3) is 0.333. The first-order valence-corrected chi connectivity index (χ1v) is 5.24. The normalized spacial score (nSPS) is 15.7. The van der Waals surface area contributed by atoms with Crippen molar-refractivity contribution in [1.29, 1.82) is 0 Å². The van der Waals surface area contributed by atoms with Crippen molar-refractivity contribution >= 4 is 11.9 Å². The molecule has 5 nitrogen and oxygen atoms in total. The standard InChI is InChI=1S/C12H16N2O3/c1-8(10(15)16)14-11(17)12(2,13)9-6-4-3-5-7-9/h3-8H,13H2,1-2H3,(H,14,17)(H,15,16)/t8-,12?/m1/s1. The van der Waals surface area contributed by atoms with Crippen LogP contribution < -0.4 is 11.1 Å². The van der Waals surface area contributed by atoms with E-state index < -0.39 is 23.5 Å². The first-order valence-electron chi connectivity index (χ1n) is 5.24. The van der Waals surface area contributed by atoms with Gasteiger partial charge in [0, 0.05) is 0 Å². The van der Waals surface area contributed by atoms with Gasteiger partial charge < -0.3 is 16.2 Å². The van der Waals surface area contributed by atoms with Gasteiger partial charge in [0.2, 0.25) is 5.91 Å². The predicted octanol–water partition coefficient (Wildman–Crippen LogP) is 0.450. The molecule has 0 aliphatic heterocycles. The van der Waals surface area contributed by atoms with Crippen LogP contribution in [0.1, 0.15) is 19.4 Å². The van der Waals surface area contributed by atoms with Crippen LogP contribution in [0, 0.1) is 0 Å². The molecule has 0 radical (unpaired) electrons. The average molecular weight is 236 g/mol. The molecule has 0 bridgehead atoms. The van der Waals surface area contributed by atoms with Gasteiger partial charge in [0.05, 0.1) is 0 Å². The molecule has 2 atom stereocenters. The molecular weight excluding hydrogens is 220 g/mol.